The number of methoxy groups -OCH3 is 1. The van der Waals surface area contributed by atoms with Gasteiger partial charge in [-0.15, -0.1) is 0 Å². The van der Waals surface area contributed by atoms with E-state index in [1.807, 2.05) is 36.4 Å². The van der Waals surface area contributed by atoms with Gasteiger partial charge in [0.05, 0.1) is 19.6 Å². The Morgan fingerprint density at radius 3 is 2.55 bits per heavy atom. The molecular formula is C15H18N2O3. The molecule has 1 aromatic rings. The molecular weight excluding hydrogens is 256 g/mol. The molecule has 0 radical (unpaired) electrons. The number of carbonyl (C=O) groups is 2. The molecule has 0 unspecified atom stereocenters. The molecule has 5 nitrogen and oxygen atoms in total. The summed E-state index contributed by atoms with van der Waals surface area (Å²) < 4.78 is 4.67. The lowest BCUT2D eigenvalue weighted by molar-refractivity contribution is -0.146. The lowest BCUT2D eigenvalue weighted by Crippen LogP contribution is -2.46. The van der Waals surface area contributed by atoms with Crippen molar-refractivity contribution in [2.24, 2.45) is 5.92 Å². The van der Waals surface area contributed by atoms with Crippen molar-refractivity contribution < 1.29 is 14.3 Å². The Hall–Kier alpha value is -2.35. The minimum atomic E-state index is -0.795. The molecule has 0 spiro atoms. The van der Waals surface area contributed by atoms with Crippen LogP contribution in [0.25, 0.3) is 0 Å². The molecule has 106 valence electrons. The molecule has 0 heterocycles. The molecule has 0 aromatic heterocycles. The number of amides is 1. The molecule has 1 amide bonds. The quantitative estimate of drug-likeness (QED) is 0.796. The van der Waals surface area contributed by atoms with Gasteiger partial charge in [0.1, 0.15) is 6.04 Å². The van der Waals surface area contributed by atoms with Gasteiger partial charge >= 0.3 is 5.97 Å². The van der Waals surface area contributed by atoms with E-state index in [2.05, 4.69) is 10.1 Å². The van der Waals surface area contributed by atoms with Crippen molar-refractivity contribution in [3.63, 3.8) is 0 Å². The SMILES string of the molecule is COC(=O)[C@@H](NC(=O)Cc1ccccc1)[C@H](C)CC#N. The van der Waals surface area contributed by atoms with Crippen molar-refractivity contribution in [3.8, 4) is 6.07 Å². The first-order valence-corrected chi connectivity index (χ1v) is 6.36. The monoisotopic (exact) mass is 274 g/mol. The Labute approximate surface area is 118 Å². The Morgan fingerprint density at radius 1 is 1.35 bits per heavy atom. The van der Waals surface area contributed by atoms with Crippen LogP contribution in [0.3, 0.4) is 0 Å². The van der Waals surface area contributed by atoms with Gasteiger partial charge in [-0.25, -0.2) is 4.79 Å². The zero-order chi connectivity index (χ0) is 15.0. The van der Waals surface area contributed by atoms with Crippen LogP contribution < -0.4 is 5.32 Å². The van der Waals surface area contributed by atoms with Crippen LogP contribution in [0.4, 0.5) is 0 Å². The van der Waals surface area contributed by atoms with Crippen LogP contribution in [0.1, 0.15) is 18.9 Å². The number of carbonyl (C=O) groups excluding carboxylic acids is 2. The second-order valence-electron chi connectivity index (χ2n) is 4.57. The number of nitrogens with one attached hydrogen (secondary N) is 1. The summed E-state index contributed by atoms with van der Waals surface area (Å²) in [6.07, 6.45) is 0.360. The molecule has 1 aromatic carbocycles. The largest absolute Gasteiger partial charge is 0.467 e. The van der Waals surface area contributed by atoms with Crippen LogP contribution in [-0.2, 0) is 20.7 Å². The Morgan fingerprint density at radius 2 is 2.00 bits per heavy atom. The summed E-state index contributed by atoms with van der Waals surface area (Å²) >= 11 is 0. The van der Waals surface area contributed by atoms with Crippen molar-refractivity contribution >= 4 is 11.9 Å². The van der Waals surface area contributed by atoms with Gasteiger partial charge in [0.2, 0.25) is 5.91 Å². The predicted molar refractivity (Wildman–Crippen MR) is 73.5 cm³/mol. The van der Waals surface area contributed by atoms with Gasteiger partial charge in [0.15, 0.2) is 0 Å². The number of ether oxygens (including phenoxy) is 1. The second-order valence-corrected chi connectivity index (χ2v) is 4.57. The molecule has 0 bridgehead atoms. The Kier molecular flexibility index (Phi) is 6.24. The third kappa shape index (κ3) is 4.73. The molecule has 0 saturated carbocycles. The standard InChI is InChI=1S/C15H18N2O3/c1-11(8-9-16)14(15(19)20-2)17-13(18)10-12-6-4-3-5-7-12/h3-7,11,14H,8,10H2,1-2H3,(H,17,18)/t11-,14+/m1/s1. The number of hydrogen-bond acceptors (Lipinski definition) is 4. The highest BCUT2D eigenvalue weighted by molar-refractivity contribution is 5.85. The van der Waals surface area contributed by atoms with Gasteiger partial charge < -0.3 is 10.1 Å². The number of benzene rings is 1. The highest BCUT2D eigenvalue weighted by Crippen LogP contribution is 2.10. The molecule has 5 heteroatoms. The van der Waals surface area contributed by atoms with E-state index in [4.69, 9.17) is 5.26 Å². The number of nitrogens with zero attached hydrogens (tertiary/aromatic N) is 1. The summed E-state index contributed by atoms with van der Waals surface area (Å²) in [7, 11) is 1.26. The molecule has 1 rings (SSSR count). The predicted octanol–water partition coefficient (Wildman–Crippen LogP) is 1.44. The third-order valence-corrected chi connectivity index (χ3v) is 2.96. The van der Waals surface area contributed by atoms with Crippen molar-refractivity contribution in [3.05, 3.63) is 35.9 Å². The van der Waals surface area contributed by atoms with E-state index < -0.39 is 12.0 Å². The normalized spacial score (nSPS) is 12.8. The van der Waals surface area contributed by atoms with Crippen LogP contribution in [0.2, 0.25) is 0 Å². The van der Waals surface area contributed by atoms with Gasteiger partial charge in [-0.1, -0.05) is 37.3 Å². The van der Waals surface area contributed by atoms with E-state index in [0.29, 0.717) is 0 Å². The zero-order valence-electron chi connectivity index (χ0n) is 11.6. The summed E-state index contributed by atoms with van der Waals surface area (Å²) in [5.74, 6) is -1.10. The topological polar surface area (TPSA) is 79.2 Å². The maximum Gasteiger partial charge on any atom is 0.328 e. The van der Waals surface area contributed by atoms with Gasteiger partial charge in [-0.05, 0) is 5.56 Å². The summed E-state index contributed by atoms with van der Waals surface area (Å²) in [4.78, 5) is 23.6. The van der Waals surface area contributed by atoms with E-state index in [1.165, 1.54) is 7.11 Å². The Bertz CT molecular complexity index is 494. The first-order chi connectivity index (χ1) is 9.58. The first kappa shape index (κ1) is 15.7. The minimum absolute atomic E-state index is 0.172. The van der Waals surface area contributed by atoms with Crippen LogP contribution in [0, 0.1) is 17.2 Å². The molecule has 1 N–H and O–H groups in total. The van der Waals surface area contributed by atoms with E-state index in [9.17, 15) is 9.59 Å². The van der Waals surface area contributed by atoms with E-state index >= 15 is 0 Å². The summed E-state index contributed by atoms with van der Waals surface area (Å²) in [5.41, 5.74) is 0.863. The van der Waals surface area contributed by atoms with Crippen LogP contribution >= 0.6 is 0 Å². The first-order valence-electron chi connectivity index (χ1n) is 6.36. The van der Waals surface area contributed by atoms with Crippen LogP contribution in [0.15, 0.2) is 30.3 Å². The van der Waals surface area contributed by atoms with Gasteiger partial charge in [0, 0.05) is 12.3 Å². The third-order valence-electron chi connectivity index (χ3n) is 2.96. The van der Waals surface area contributed by atoms with Gasteiger partial charge in [-0.2, -0.15) is 5.26 Å². The van der Waals surface area contributed by atoms with Gasteiger partial charge in [0.25, 0.3) is 0 Å². The highest BCUT2D eigenvalue weighted by atomic mass is 16.5. The van der Waals surface area contributed by atoms with E-state index in [-0.39, 0.29) is 24.7 Å². The molecule has 0 aliphatic heterocycles. The summed E-state index contributed by atoms with van der Waals surface area (Å²) in [5, 5.41) is 11.3. The molecule has 2 atom stereocenters. The zero-order valence-corrected chi connectivity index (χ0v) is 11.6. The highest BCUT2D eigenvalue weighted by Gasteiger charge is 2.27. The molecule has 0 saturated heterocycles. The van der Waals surface area contributed by atoms with Crippen molar-refractivity contribution in [2.45, 2.75) is 25.8 Å². The summed E-state index contributed by atoms with van der Waals surface area (Å²) in [6, 6.07) is 10.4. The van der Waals surface area contributed by atoms with Crippen molar-refractivity contribution in [1.29, 1.82) is 5.26 Å². The molecule has 0 fully saturated rings. The van der Waals surface area contributed by atoms with Gasteiger partial charge in [-0.3, -0.25) is 4.79 Å². The fourth-order valence-electron chi connectivity index (χ4n) is 1.83. The fraction of sp³-hybridized carbons (Fsp3) is 0.400. The smallest absolute Gasteiger partial charge is 0.328 e. The number of hydrogen-bond donors (Lipinski definition) is 1. The number of rotatable bonds is 6. The fourth-order valence-corrected chi connectivity index (χ4v) is 1.83. The van der Waals surface area contributed by atoms with Crippen molar-refractivity contribution in [2.75, 3.05) is 7.11 Å². The lowest BCUT2D eigenvalue weighted by atomic mass is 9.98. The lowest BCUT2D eigenvalue weighted by Gasteiger charge is -2.21. The number of nitriles is 1. The van der Waals surface area contributed by atoms with Crippen molar-refractivity contribution in [1.82, 2.24) is 5.32 Å². The minimum Gasteiger partial charge on any atom is -0.467 e. The average molecular weight is 274 g/mol. The maximum absolute atomic E-state index is 12.0. The molecule has 20 heavy (non-hydrogen) atoms. The maximum atomic E-state index is 12.0. The van der Waals surface area contributed by atoms with Crippen LogP contribution in [-0.4, -0.2) is 25.0 Å². The number of esters is 1. The molecule has 0 aliphatic carbocycles. The molecule has 0 aliphatic rings. The van der Waals surface area contributed by atoms with E-state index in [0.717, 1.165) is 5.56 Å². The average Bonchev–Trinajstić information content (AvgIpc) is 2.45. The van der Waals surface area contributed by atoms with Crippen LogP contribution in [0.5, 0.6) is 0 Å². The summed E-state index contributed by atoms with van der Waals surface area (Å²) in [6.45, 7) is 1.73. The second kappa shape index (κ2) is 7.95. The van der Waals surface area contributed by atoms with E-state index in [1.54, 1.807) is 6.92 Å². The Balaban J connectivity index is 2.67.